The Hall–Kier alpha value is -4.14. The number of fused-ring (bicyclic) bond motifs is 2. The van der Waals surface area contributed by atoms with Crippen LogP contribution >= 0.6 is 0 Å². The average Bonchev–Trinajstić information content (AvgIpc) is 3.11. The van der Waals surface area contributed by atoms with E-state index in [0.29, 0.717) is 4.90 Å². The highest BCUT2D eigenvalue weighted by Gasteiger charge is 2.42. The van der Waals surface area contributed by atoms with Crippen molar-refractivity contribution in [3.8, 4) is 0 Å². The lowest BCUT2D eigenvalue weighted by Gasteiger charge is -2.23. The molecule has 2 heterocycles. The number of hydrogen-bond donors (Lipinski definition) is 1. The summed E-state index contributed by atoms with van der Waals surface area (Å²) in [6.07, 6.45) is 0. The fourth-order valence-corrected chi connectivity index (χ4v) is 3.25. The molecular weight excluding hydrogens is 374 g/mol. The van der Waals surface area contributed by atoms with Crippen molar-refractivity contribution in [3.05, 3.63) is 70.8 Å². The minimum Gasteiger partial charge on any atom is -0.348 e. The third-order valence-corrected chi connectivity index (χ3v) is 4.61. The van der Waals surface area contributed by atoms with E-state index in [2.05, 4.69) is 4.99 Å². The van der Waals surface area contributed by atoms with E-state index in [0.717, 1.165) is 4.90 Å². The zero-order valence-corrected chi connectivity index (χ0v) is 15.5. The van der Waals surface area contributed by atoms with Crippen molar-refractivity contribution in [2.45, 2.75) is 0 Å². The fraction of sp³-hybridized carbons (Fsp3) is 0.100. The van der Waals surface area contributed by atoms with Gasteiger partial charge in [-0.2, -0.15) is 4.99 Å². The minimum atomic E-state index is -0.684. The zero-order valence-electron chi connectivity index (χ0n) is 15.5. The minimum absolute atomic E-state index is 0.169. The van der Waals surface area contributed by atoms with Crippen molar-refractivity contribution < 1.29 is 19.2 Å². The van der Waals surface area contributed by atoms with E-state index in [9.17, 15) is 19.2 Å². The molecule has 4 amide bonds. The Morgan fingerprint density at radius 2 is 1.07 bits per heavy atom. The summed E-state index contributed by atoms with van der Waals surface area (Å²) in [4.78, 5) is 57.4. The molecule has 0 aliphatic carbocycles. The van der Waals surface area contributed by atoms with Gasteiger partial charge in [0.2, 0.25) is 11.9 Å². The Balaban J connectivity index is 1.72. The van der Waals surface area contributed by atoms with Gasteiger partial charge in [0.05, 0.1) is 22.3 Å². The number of rotatable bonds is 0. The highest BCUT2D eigenvalue weighted by Crippen LogP contribution is 2.25. The van der Waals surface area contributed by atoms with Crippen LogP contribution in [0.25, 0.3) is 0 Å². The molecular formula is C20H15N5O4. The van der Waals surface area contributed by atoms with Crippen LogP contribution < -0.4 is 0 Å². The van der Waals surface area contributed by atoms with Crippen molar-refractivity contribution in [2.24, 2.45) is 4.99 Å². The lowest BCUT2D eigenvalue weighted by molar-refractivity contribution is 0.0729. The van der Waals surface area contributed by atoms with Gasteiger partial charge in [-0.3, -0.25) is 24.6 Å². The molecule has 4 rings (SSSR count). The largest absolute Gasteiger partial charge is 0.348 e. The van der Waals surface area contributed by atoms with E-state index >= 15 is 0 Å². The molecule has 0 spiro atoms. The van der Waals surface area contributed by atoms with E-state index in [-0.39, 0.29) is 28.2 Å². The van der Waals surface area contributed by atoms with Gasteiger partial charge in [-0.05, 0) is 24.3 Å². The van der Waals surface area contributed by atoms with Crippen molar-refractivity contribution in [2.75, 3.05) is 14.1 Å². The molecule has 144 valence electrons. The monoisotopic (exact) mass is 389 g/mol. The van der Waals surface area contributed by atoms with Gasteiger partial charge in [0.15, 0.2) is 0 Å². The van der Waals surface area contributed by atoms with Gasteiger partial charge in [-0.15, -0.1) is 0 Å². The summed E-state index contributed by atoms with van der Waals surface area (Å²) in [7, 11) is 3.08. The van der Waals surface area contributed by atoms with Gasteiger partial charge >= 0.3 is 0 Å². The number of hydrogen-bond acceptors (Lipinski definition) is 5. The summed E-state index contributed by atoms with van der Waals surface area (Å²) in [6.45, 7) is 0. The molecule has 9 nitrogen and oxygen atoms in total. The summed E-state index contributed by atoms with van der Waals surface area (Å²) in [5, 5.41) is 8.22. The lowest BCUT2D eigenvalue weighted by Crippen LogP contribution is -2.46. The molecule has 2 aromatic rings. The van der Waals surface area contributed by atoms with Crippen LogP contribution in [0, 0.1) is 5.41 Å². The molecule has 0 saturated heterocycles. The van der Waals surface area contributed by atoms with Crippen molar-refractivity contribution in [3.63, 3.8) is 0 Å². The number of guanidine groups is 2. The fourth-order valence-electron chi connectivity index (χ4n) is 3.25. The molecule has 2 aliphatic rings. The maximum atomic E-state index is 12.7. The first-order valence-corrected chi connectivity index (χ1v) is 8.63. The van der Waals surface area contributed by atoms with E-state index in [1.165, 1.54) is 43.3 Å². The number of carbonyl (C=O) groups is 4. The predicted molar refractivity (Wildman–Crippen MR) is 103 cm³/mol. The number of aliphatic imine (C=N–C) groups is 1. The molecule has 29 heavy (non-hydrogen) atoms. The Bertz CT molecular complexity index is 1080. The van der Waals surface area contributed by atoms with Gasteiger partial charge in [-0.1, -0.05) is 24.3 Å². The molecule has 0 saturated carbocycles. The number of nitrogens with zero attached hydrogens (tertiary/aromatic N) is 4. The van der Waals surface area contributed by atoms with Crippen LogP contribution in [0.15, 0.2) is 53.5 Å². The number of amides is 4. The topological polar surface area (TPSA) is 114 Å². The molecule has 2 aliphatic heterocycles. The van der Waals surface area contributed by atoms with E-state index in [1.54, 1.807) is 24.3 Å². The summed E-state index contributed by atoms with van der Waals surface area (Å²) >= 11 is 0. The SMILES string of the molecule is CN(C)C(=NC(=N)N1C(=O)c2ccccc2C1=O)N1C(=O)c2ccccc2C1=O. The molecule has 0 radical (unpaired) electrons. The van der Waals surface area contributed by atoms with Crippen LogP contribution in [0.5, 0.6) is 0 Å². The first kappa shape index (κ1) is 18.2. The molecule has 9 heteroatoms. The van der Waals surface area contributed by atoms with Gasteiger partial charge in [0, 0.05) is 14.1 Å². The van der Waals surface area contributed by atoms with Crippen molar-refractivity contribution in [1.29, 1.82) is 5.41 Å². The smallest absolute Gasteiger partial charge is 0.268 e. The van der Waals surface area contributed by atoms with Gasteiger partial charge < -0.3 is 4.90 Å². The second-order valence-electron chi connectivity index (χ2n) is 6.61. The second kappa shape index (κ2) is 6.48. The zero-order chi connectivity index (χ0) is 20.9. The summed E-state index contributed by atoms with van der Waals surface area (Å²) < 4.78 is 0. The number of imide groups is 2. The van der Waals surface area contributed by atoms with Crippen LogP contribution in [-0.2, 0) is 0 Å². The highest BCUT2D eigenvalue weighted by atomic mass is 16.2. The molecule has 0 bridgehead atoms. The molecule has 0 aromatic heterocycles. The standard InChI is InChI=1S/C20H15N5O4/c1-23(2)20(25-17(28)13-9-5-6-10-14(13)18(25)29)22-19(21)24-15(26)11-7-3-4-8-12(11)16(24)27/h3-10,21H,1-2H3. The highest BCUT2D eigenvalue weighted by molar-refractivity contribution is 6.32. The third kappa shape index (κ3) is 2.63. The van der Waals surface area contributed by atoms with Crippen LogP contribution in [0.2, 0.25) is 0 Å². The Kier molecular flexibility index (Phi) is 4.08. The van der Waals surface area contributed by atoms with E-state index in [1.807, 2.05) is 0 Å². The number of benzene rings is 2. The molecule has 0 unspecified atom stereocenters. The maximum Gasteiger partial charge on any atom is 0.268 e. The molecule has 0 atom stereocenters. The molecule has 1 N–H and O–H groups in total. The van der Waals surface area contributed by atoms with Gasteiger partial charge in [-0.25, -0.2) is 9.80 Å². The van der Waals surface area contributed by atoms with Crippen LogP contribution in [-0.4, -0.2) is 64.3 Å². The first-order valence-electron chi connectivity index (χ1n) is 8.63. The summed E-state index contributed by atoms with van der Waals surface area (Å²) in [5.74, 6) is -3.39. The molecule has 0 fully saturated rings. The Morgan fingerprint density at radius 1 is 0.724 bits per heavy atom. The van der Waals surface area contributed by atoms with Gasteiger partial charge in [0.1, 0.15) is 0 Å². The van der Waals surface area contributed by atoms with Crippen LogP contribution in [0.3, 0.4) is 0 Å². The van der Waals surface area contributed by atoms with Crippen LogP contribution in [0.1, 0.15) is 41.4 Å². The van der Waals surface area contributed by atoms with E-state index < -0.39 is 29.6 Å². The molecule has 2 aromatic carbocycles. The quantitative estimate of drug-likeness (QED) is 0.416. The third-order valence-electron chi connectivity index (χ3n) is 4.61. The summed E-state index contributed by atoms with van der Waals surface area (Å²) in [5.41, 5.74) is 0.785. The van der Waals surface area contributed by atoms with Crippen molar-refractivity contribution >= 4 is 35.5 Å². The lowest BCUT2D eigenvalue weighted by atomic mass is 10.1. The number of nitrogens with one attached hydrogen (secondary N) is 1. The Labute approximate surface area is 165 Å². The first-order chi connectivity index (χ1) is 13.8. The average molecular weight is 389 g/mol. The van der Waals surface area contributed by atoms with Crippen molar-refractivity contribution in [1.82, 2.24) is 14.7 Å². The summed E-state index contributed by atoms with van der Waals surface area (Å²) in [6, 6.07) is 12.5. The van der Waals surface area contributed by atoms with Crippen LogP contribution in [0.4, 0.5) is 0 Å². The maximum absolute atomic E-state index is 12.7. The van der Waals surface area contributed by atoms with E-state index in [4.69, 9.17) is 5.41 Å². The number of carbonyl (C=O) groups excluding carboxylic acids is 4. The normalized spacial score (nSPS) is 15.7. The Morgan fingerprint density at radius 3 is 1.41 bits per heavy atom. The predicted octanol–water partition coefficient (Wildman–Crippen LogP) is 1.43. The van der Waals surface area contributed by atoms with Gasteiger partial charge in [0.25, 0.3) is 23.6 Å². The second-order valence-corrected chi connectivity index (χ2v) is 6.61.